The van der Waals surface area contributed by atoms with Gasteiger partial charge in [0.15, 0.2) is 0 Å². The molecule has 2 amide bonds. The highest BCUT2D eigenvalue weighted by Gasteiger charge is 2.34. The van der Waals surface area contributed by atoms with E-state index in [0.717, 1.165) is 25.1 Å². The summed E-state index contributed by atoms with van der Waals surface area (Å²) in [5, 5.41) is 2.48. The minimum Gasteiger partial charge on any atom is -0.359 e. The standard InChI is InChI=1S/C20H20N2O2/c23-19-12-11-18(20(24)21-19)22-13-5-9-16-15(8-4-10-17(16)22)14-6-2-1-3-7-14/h1-4,6-8,10,18H,5,9,11-13H2,(H,21,23,24). The van der Waals surface area contributed by atoms with E-state index in [0.29, 0.717) is 12.8 Å². The van der Waals surface area contributed by atoms with Gasteiger partial charge in [-0.25, -0.2) is 0 Å². The number of amides is 2. The molecule has 0 aliphatic carbocycles. The summed E-state index contributed by atoms with van der Waals surface area (Å²) in [6.07, 6.45) is 3.05. The van der Waals surface area contributed by atoms with Crippen molar-refractivity contribution in [1.29, 1.82) is 0 Å². The SMILES string of the molecule is O=C1CCC(N2CCCc3c(-c4ccccc4)cccc32)C(=O)N1. The van der Waals surface area contributed by atoms with Crippen LogP contribution in [0.1, 0.15) is 24.8 Å². The van der Waals surface area contributed by atoms with Gasteiger partial charge in [-0.1, -0.05) is 42.5 Å². The van der Waals surface area contributed by atoms with Crippen molar-refractivity contribution in [1.82, 2.24) is 5.32 Å². The van der Waals surface area contributed by atoms with Gasteiger partial charge in [-0.2, -0.15) is 0 Å². The van der Waals surface area contributed by atoms with Gasteiger partial charge < -0.3 is 4.90 Å². The van der Waals surface area contributed by atoms with Crippen LogP contribution in [0.15, 0.2) is 48.5 Å². The quantitative estimate of drug-likeness (QED) is 0.866. The molecule has 2 aromatic carbocycles. The molecular weight excluding hydrogens is 300 g/mol. The van der Waals surface area contributed by atoms with Crippen LogP contribution in [0.4, 0.5) is 5.69 Å². The normalized spacial score (nSPS) is 20.5. The first kappa shape index (κ1) is 14.9. The first-order chi connectivity index (χ1) is 11.7. The Morgan fingerprint density at radius 2 is 1.79 bits per heavy atom. The molecular formula is C20H20N2O2. The summed E-state index contributed by atoms with van der Waals surface area (Å²) in [5.41, 5.74) is 4.89. The Morgan fingerprint density at radius 3 is 2.58 bits per heavy atom. The van der Waals surface area contributed by atoms with Crippen molar-refractivity contribution in [3.63, 3.8) is 0 Å². The lowest BCUT2D eigenvalue weighted by molar-refractivity contribution is -0.134. The monoisotopic (exact) mass is 320 g/mol. The summed E-state index contributed by atoms with van der Waals surface area (Å²) >= 11 is 0. The molecule has 2 heterocycles. The van der Waals surface area contributed by atoms with Gasteiger partial charge >= 0.3 is 0 Å². The van der Waals surface area contributed by atoms with Crippen LogP contribution in [-0.2, 0) is 16.0 Å². The fraction of sp³-hybridized carbons (Fsp3) is 0.300. The van der Waals surface area contributed by atoms with Gasteiger partial charge in [0.1, 0.15) is 6.04 Å². The number of nitrogens with one attached hydrogen (secondary N) is 1. The number of benzene rings is 2. The van der Waals surface area contributed by atoms with E-state index in [1.54, 1.807) is 0 Å². The van der Waals surface area contributed by atoms with E-state index in [1.807, 2.05) is 6.07 Å². The minimum absolute atomic E-state index is 0.161. The number of rotatable bonds is 2. The molecule has 0 spiro atoms. The van der Waals surface area contributed by atoms with Gasteiger partial charge in [-0.05, 0) is 42.0 Å². The van der Waals surface area contributed by atoms with Crippen LogP contribution in [0.25, 0.3) is 11.1 Å². The van der Waals surface area contributed by atoms with Gasteiger partial charge in [0.05, 0.1) is 0 Å². The van der Waals surface area contributed by atoms with E-state index in [4.69, 9.17) is 0 Å². The summed E-state index contributed by atoms with van der Waals surface area (Å²) in [7, 11) is 0. The van der Waals surface area contributed by atoms with Crippen molar-refractivity contribution in [2.45, 2.75) is 31.7 Å². The molecule has 0 bridgehead atoms. The zero-order chi connectivity index (χ0) is 16.5. The van der Waals surface area contributed by atoms with Crippen molar-refractivity contribution in [3.05, 3.63) is 54.1 Å². The Labute approximate surface area is 141 Å². The lowest BCUT2D eigenvalue weighted by Crippen LogP contribution is -2.53. The maximum absolute atomic E-state index is 12.3. The molecule has 2 aromatic rings. The van der Waals surface area contributed by atoms with E-state index in [9.17, 15) is 9.59 Å². The van der Waals surface area contributed by atoms with E-state index < -0.39 is 0 Å². The summed E-state index contributed by atoms with van der Waals surface area (Å²) in [6.45, 7) is 0.859. The lowest BCUT2D eigenvalue weighted by atomic mass is 9.90. The molecule has 1 atom stereocenters. The fourth-order valence-electron chi connectivity index (χ4n) is 3.84. The van der Waals surface area contributed by atoms with E-state index in [2.05, 4.69) is 52.7 Å². The highest BCUT2D eigenvalue weighted by Crippen LogP contribution is 2.37. The van der Waals surface area contributed by atoms with Crippen molar-refractivity contribution in [2.24, 2.45) is 0 Å². The summed E-state index contributed by atoms with van der Waals surface area (Å²) in [5.74, 6) is -0.323. The summed E-state index contributed by atoms with van der Waals surface area (Å²) in [4.78, 5) is 25.9. The second kappa shape index (κ2) is 6.11. The highest BCUT2D eigenvalue weighted by atomic mass is 16.2. The Kier molecular flexibility index (Phi) is 3.81. The number of hydrogen-bond donors (Lipinski definition) is 1. The molecule has 0 aromatic heterocycles. The molecule has 1 fully saturated rings. The maximum Gasteiger partial charge on any atom is 0.249 e. The Bertz CT molecular complexity index is 785. The van der Waals surface area contributed by atoms with Crippen LogP contribution in [-0.4, -0.2) is 24.4 Å². The van der Waals surface area contributed by atoms with Crippen LogP contribution in [0.2, 0.25) is 0 Å². The molecule has 2 aliphatic rings. The Morgan fingerprint density at radius 1 is 0.958 bits per heavy atom. The molecule has 4 nitrogen and oxygen atoms in total. The zero-order valence-electron chi connectivity index (χ0n) is 13.5. The van der Waals surface area contributed by atoms with Crippen molar-refractivity contribution in [2.75, 3.05) is 11.4 Å². The maximum atomic E-state index is 12.3. The molecule has 1 unspecified atom stereocenters. The third-order valence-electron chi connectivity index (χ3n) is 4.96. The van der Waals surface area contributed by atoms with Gasteiger partial charge in [0.25, 0.3) is 0 Å². The third-order valence-corrected chi connectivity index (χ3v) is 4.96. The molecule has 122 valence electrons. The first-order valence-corrected chi connectivity index (χ1v) is 8.52. The topological polar surface area (TPSA) is 49.4 Å². The van der Waals surface area contributed by atoms with Crippen molar-refractivity contribution < 1.29 is 9.59 Å². The third kappa shape index (κ3) is 2.58. The number of carbonyl (C=O) groups excluding carboxylic acids is 2. The molecule has 0 saturated carbocycles. The van der Waals surface area contributed by atoms with Crippen LogP contribution in [0, 0.1) is 0 Å². The minimum atomic E-state index is -0.243. The van der Waals surface area contributed by atoms with E-state index in [1.165, 1.54) is 16.7 Å². The zero-order valence-corrected chi connectivity index (χ0v) is 13.5. The number of carbonyl (C=O) groups is 2. The molecule has 4 heteroatoms. The molecule has 4 rings (SSSR count). The summed E-state index contributed by atoms with van der Waals surface area (Å²) in [6, 6.07) is 16.5. The fourth-order valence-corrected chi connectivity index (χ4v) is 3.84. The Hall–Kier alpha value is -2.62. The van der Waals surface area contributed by atoms with E-state index >= 15 is 0 Å². The Balaban J connectivity index is 1.74. The highest BCUT2D eigenvalue weighted by molar-refractivity contribution is 6.02. The van der Waals surface area contributed by atoms with Crippen molar-refractivity contribution in [3.8, 4) is 11.1 Å². The number of imide groups is 1. The largest absolute Gasteiger partial charge is 0.359 e. The van der Waals surface area contributed by atoms with Crippen LogP contribution >= 0.6 is 0 Å². The van der Waals surface area contributed by atoms with Crippen LogP contribution in [0.5, 0.6) is 0 Å². The smallest absolute Gasteiger partial charge is 0.249 e. The number of anilines is 1. The molecule has 0 radical (unpaired) electrons. The van der Waals surface area contributed by atoms with Crippen LogP contribution in [0.3, 0.4) is 0 Å². The molecule has 1 N–H and O–H groups in total. The predicted octanol–water partition coefficient (Wildman–Crippen LogP) is 2.91. The second-order valence-corrected chi connectivity index (χ2v) is 6.43. The number of nitrogens with zero attached hydrogens (tertiary/aromatic N) is 1. The number of fused-ring (bicyclic) bond motifs is 1. The molecule has 24 heavy (non-hydrogen) atoms. The number of piperidine rings is 1. The second-order valence-electron chi connectivity index (χ2n) is 6.43. The van der Waals surface area contributed by atoms with E-state index in [-0.39, 0.29) is 17.9 Å². The van der Waals surface area contributed by atoms with Gasteiger partial charge in [0.2, 0.25) is 11.8 Å². The summed E-state index contributed by atoms with van der Waals surface area (Å²) < 4.78 is 0. The lowest BCUT2D eigenvalue weighted by Gasteiger charge is -2.39. The number of hydrogen-bond acceptors (Lipinski definition) is 3. The molecule has 1 saturated heterocycles. The average molecular weight is 320 g/mol. The first-order valence-electron chi connectivity index (χ1n) is 8.52. The average Bonchev–Trinajstić information content (AvgIpc) is 2.62. The van der Waals surface area contributed by atoms with Gasteiger partial charge in [-0.15, -0.1) is 0 Å². The van der Waals surface area contributed by atoms with Crippen molar-refractivity contribution >= 4 is 17.5 Å². The van der Waals surface area contributed by atoms with Crippen LogP contribution < -0.4 is 10.2 Å². The molecule has 2 aliphatic heterocycles. The van der Waals surface area contributed by atoms with Gasteiger partial charge in [0, 0.05) is 18.7 Å². The van der Waals surface area contributed by atoms with Gasteiger partial charge in [-0.3, -0.25) is 14.9 Å². The predicted molar refractivity (Wildman–Crippen MR) is 93.7 cm³/mol.